The largest absolute Gasteiger partial charge is 0.464 e. The highest BCUT2D eigenvalue weighted by Gasteiger charge is 2.39. The number of hydrogen-bond donors (Lipinski definition) is 0. The Morgan fingerprint density at radius 1 is 1.13 bits per heavy atom. The van der Waals surface area contributed by atoms with E-state index in [0.29, 0.717) is 18.7 Å². The maximum absolute atomic E-state index is 12.8. The van der Waals surface area contributed by atoms with Crippen molar-refractivity contribution in [2.75, 3.05) is 6.61 Å². The summed E-state index contributed by atoms with van der Waals surface area (Å²) in [6.07, 6.45) is 0. The molecule has 118 valence electrons. The van der Waals surface area contributed by atoms with Crippen LogP contribution < -0.4 is 0 Å². The molecule has 1 aliphatic rings. The van der Waals surface area contributed by atoms with Crippen molar-refractivity contribution in [2.45, 2.75) is 26.1 Å². The van der Waals surface area contributed by atoms with Gasteiger partial charge in [-0.05, 0) is 18.1 Å². The summed E-state index contributed by atoms with van der Waals surface area (Å²) in [4.78, 5) is 27.0. The smallest absolute Gasteiger partial charge is 0.331 e. The summed E-state index contributed by atoms with van der Waals surface area (Å²) in [5.74, 6) is -0.649. The van der Waals surface area contributed by atoms with E-state index in [9.17, 15) is 9.59 Å². The molecule has 23 heavy (non-hydrogen) atoms. The minimum absolute atomic E-state index is 0.179. The van der Waals surface area contributed by atoms with E-state index in [4.69, 9.17) is 4.74 Å². The van der Waals surface area contributed by atoms with E-state index >= 15 is 0 Å². The maximum atomic E-state index is 12.8. The Labute approximate surface area is 135 Å². The van der Waals surface area contributed by atoms with Gasteiger partial charge in [-0.15, -0.1) is 0 Å². The Bertz CT molecular complexity index is 712. The van der Waals surface area contributed by atoms with E-state index in [1.807, 2.05) is 53.4 Å². The van der Waals surface area contributed by atoms with Crippen LogP contribution in [0.1, 0.15) is 28.4 Å². The normalized spacial score (nSPS) is 17.6. The average molecular weight is 309 g/mol. The van der Waals surface area contributed by atoms with Gasteiger partial charge in [-0.25, -0.2) is 4.79 Å². The lowest BCUT2D eigenvalue weighted by Crippen LogP contribution is -2.50. The van der Waals surface area contributed by atoms with Crippen LogP contribution in [-0.4, -0.2) is 29.3 Å². The van der Waals surface area contributed by atoms with Gasteiger partial charge in [-0.3, -0.25) is 9.69 Å². The lowest BCUT2D eigenvalue weighted by atomic mass is 9.92. The third kappa shape index (κ3) is 3.17. The molecule has 1 aliphatic heterocycles. The van der Waals surface area contributed by atoms with Crippen LogP contribution in [0.2, 0.25) is 0 Å². The van der Waals surface area contributed by atoms with Crippen LogP contribution in [0.15, 0.2) is 54.6 Å². The molecule has 0 unspecified atom stereocenters. The van der Waals surface area contributed by atoms with E-state index in [1.165, 1.54) is 0 Å². The number of fused-ring (bicyclic) bond motifs is 1. The Hall–Kier alpha value is -2.46. The second-order valence-electron chi connectivity index (χ2n) is 5.57. The molecule has 2 aromatic rings. The van der Waals surface area contributed by atoms with Gasteiger partial charge in [-0.2, -0.15) is 0 Å². The number of hydrogen-bond acceptors (Lipinski definition) is 4. The molecule has 0 radical (unpaired) electrons. The van der Waals surface area contributed by atoms with E-state index in [-0.39, 0.29) is 12.4 Å². The molecule has 4 heteroatoms. The average Bonchev–Trinajstić information content (AvgIpc) is 2.56. The van der Waals surface area contributed by atoms with Gasteiger partial charge >= 0.3 is 5.97 Å². The fraction of sp³-hybridized carbons (Fsp3) is 0.263. The van der Waals surface area contributed by atoms with E-state index in [2.05, 4.69) is 0 Å². The maximum Gasteiger partial charge on any atom is 0.331 e. The van der Waals surface area contributed by atoms with Crippen LogP contribution in [0.25, 0.3) is 0 Å². The van der Waals surface area contributed by atoms with Crippen molar-refractivity contribution in [1.29, 1.82) is 0 Å². The summed E-state index contributed by atoms with van der Waals surface area (Å²) >= 11 is 0. The number of benzene rings is 2. The van der Waals surface area contributed by atoms with E-state index < -0.39 is 12.0 Å². The molecule has 0 spiro atoms. The Kier molecular flexibility index (Phi) is 4.53. The minimum atomic E-state index is -0.870. The first-order valence-electron chi connectivity index (χ1n) is 7.77. The van der Waals surface area contributed by atoms with Gasteiger partial charge in [0.15, 0.2) is 11.8 Å². The molecule has 0 fully saturated rings. The molecule has 3 rings (SSSR count). The number of nitrogens with zero attached hydrogens (tertiary/aromatic N) is 1. The Morgan fingerprint density at radius 2 is 1.83 bits per heavy atom. The Morgan fingerprint density at radius 3 is 2.57 bits per heavy atom. The quantitative estimate of drug-likeness (QED) is 0.643. The number of esters is 1. The van der Waals surface area contributed by atoms with Gasteiger partial charge in [0, 0.05) is 18.7 Å². The summed E-state index contributed by atoms with van der Waals surface area (Å²) < 4.78 is 5.13. The number of ketones is 1. The fourth-order valence-corrected chi connectivity index (χ4v) is 2.96. The van der Waals surface area contributed by atoms with Crippen LogP contribution in [-0.2, 0) is 22.6 Å². The molecule has 0 N–H and O–H groups in total. The summed E-state index contributed by atoms with van der Waals surface area (Å²) in [5, 5.41) is 0. The highest BCUT2D eigenvalue weighted by Crippen LogP contribution is 2.25. The van der Waals surface area contributed by atoms with Crippen molar-refractivity contribution in [3.8, 4) is 0 Å². The molecule has 0 saturated carbocycles. The van der Waals surface area contributed by atoms with Crippen LogP contribution in [0.5, 0.6) is 0 Å². The highest BCUT2D eigenvalue weighted by molar-refractivity contribution is 6.13. The van der Waals surface area contributed by atoms with Gasteiger partial charge in [0.05, 0.1) is 6.61 Å². The summed E-state index contributed by atoms with van der Waals surface area (Å²) in [7, 11) is 0. The molecular weight excluding hydrogens is 290 g/mol. The monoisotopic (exact) mass is 309 g/mol. The molecule has 0 aromatic heterocycles. The first-order valence-corrected chi connectivity index (χ1v) is 7.77. The van der Waals surface area contributed by atoms with Crippen LogP contribution in [0, 0.1) is 0 Å². The van der Waals surface area contributed by atoms with Gasteiger partial charge in [0.1, 0.15) is 0 Å². The summed E-state index contributed by atoms with van der Waals surface area (Å²) in [5.41, 5.74) is 2.64. The number of Topliss-reactive ketones (excluding diaryl/α,β-unsaturated/α-hetero) is 1. The lowest BCUT2D eigenvalue weighted by molar-refractivity contribution is -0.148. The molecule has 0 aliphatic carbocycles. The number of ether oxygens (including phenoxy) is 1. The topological polar surface area (TPSA) is 46.6 Å². The zero-order valence-electron chi connectivity index (χ0n) is 13.1. The lowest BCUT2D eigenvalue weighted by Gasteiger charge is -2.34. The van der Waals surface area contributed by atoms with E-state index in [1.54, 1.807) is 13.0 Å². The minimum Gasteiger partial charge on any atom is -0.464 e. The molecule has 1 heterocycles. The van der Waals surface area contributed by atoms with Crippen LogP contribution >= 0.6 is 0 Å². The van der Waals surface area contributed by atoms with Crippen LogP contribution in [0.4, 0.5) is 0 Å². The third-order valence-electron chi connectivity index (χ3n) is 4.01. The molecular formula is C19H19NO3. The van der Waals surface area contributed by atoms with Crippen molar-refractivity contribution in [3.63, 3.8) is 0 Å². The van der Waals surface area contributed by atoms with E-state index in [0.717, 1.165) is 11.1 Å². The molecule has 0 bridgehead atoms. The first kappa shape index (κ1) is 15.4. The predicted octanol–water partition coefficient (Wildman–Crippen LogP) is 2.82. The van der Waals surface area contributed by atoms with Crippen molar-refractivity contribution in [3.05, 3.63) is 71.3 Å². The fourth-order valence-electron chi connectivity index (χ4n) is 2.96. The van der Waals surface area contributed by atoms with Crippen molar-refractivity contribution in [1.82, 2.24) is 4.90 Å². The number of carbonyl (C=O) groups excluding carboxylic acids is 2. The van der Waals surface area contributed by atoms with Crippen molar-refractivity contribution < 1.29 is 14.3 Å². The molecule has 1 atom stereocenters. The molecule has 2 aromatic carbocycles. The molecule has 0 amide bonds. The van der Waals surface area contributed by atoms with Gasteiger partial charge in [0.25, 0.3) is 0 Å². The van der Waals surface area contributed by atoms with Crippen molar-refractivity contribution in [2.24, 2.45) is 0 Å². The van der Waals surface area contributed by atoms with Crippen LogP contribution in [0.3, 0.4) is 0 Å². The zero-order valence-corrected chi connectivity index (χ0v) is 13.1. The van der Waals surface area contributed by atoms with Gasteiger partial charge < -0.3 is 4.74 Å². The van der Waals surface area contributed by atoms with Gasteiger partial charge in [0.2, 0.25) is 0 Å². The zero-order chi connectivity index (χ0) is 16.2. The SMILES string of the molecule is CCOC(=O)[C@@H]1C(=O)c2ccccc2CN1Cc1ccccc1. The predicted molar refractivity (Wildman–Crippen MR) is 86.9 cm³/mol. The van der Waals surface area contributed by atoms with Crippen molar-refractivity contribution >= 4 is 11.8 Å². The number of carbonyl (C=O) groups is 2. The second-order valence-corrected chi connectivity index (χ2v) is 5.57. The standard InChI is InChI=1S/C19H19NO3/c1-2-23-19(22)17-18(21)16-11-7-6-10-15(16)13-20(17)12-14-8-4-3-5-9-14/h3-11,17H,2,12-13H2,1H3/t17-/m0/s1. The Balaban J connectivity index is 1.94. The third-order valence-corrected chi connectivity index (χ3v) is 4.01. The molecule has 0 saturated heterocycles. The van der Waals surface area contributed by atoms with Gasteiger partial charge in [-0.1, -0.05) is 54.6 Å². The molecule has 4 nitrogen and oxygen atoms in total. The second kappa shape index (κ2) is 6.75. The summed E-state index contributed by atoms with van der Waals surface area (Å²) in [6, 6.07) is 16.4. The first-order chi connectivity index (χ1) is 11.2. The summed E-state index contributed by atoms with van der Waals surface area (Å²) in [6.45, 7) is 3.11. The highest BCUT2D eigenvalue weighted by atomic mass is 16.5. The number of rotatable bonds is 4.